The summed E-state index contributed by atoms with van der Waals surface area (Å²) in [6.45, 7) is 20.7. The van der Waals surface area contributed by atoms with E-state index in [1.807, 2.05) is 126 Å². The summed E-state index contributed by atoms with van der Waals surface area (Å²) in [6.07, 6.45) is 0. The number of benzene rings is 5. The molecule has 61 heavy (non-hydrogen) atoms. The number of hydrazine groups is 1. The van der Waals surface area contributed by atoms with Crippen molar-refractivity contribution >= 4 is 11.4 Å². The minimum absolute atomic E-state index is 0. The van der Waals surface area contributed by atoms with Gasteiger partial charge >= 0.3 is 19.5 Å². The fourth-order valence-electron chi connectivity index (χ4n) is 5.58. The minimum atomic E-state index is -1.23. The Morgan fingerprint density at radius 3 is 1.31 bits per heavy atom. The van der Waals surface area contributed by atoms with E-state index >= 15 is 0 Å². The monoisotopic (exact) mass is 888 g/mol. The predicted molar refractivity (Wildman–Crippen MR) is 236 cm³/mol. The number of hydroxylamine groups is 6. The number of aryl methyl sites for hydroxylation is 1. The van der Waals surface area contributed by atoms with Crippen molar-refractivity contribution in [3.8, 4) is 39.9 Å². The van der Waals surface area contributed by atoms with Crippen molar-refractivity contribution in [3.63, 3.8) is 0 Å². The van der Waals surface area contributed by atoms with E-state index in [0.717, 1.165) is 28.1 Å². The first-order valence-electron chi connectivity index (χ1n) is 19.7. The molecule has 5 aromatic carbocycles. The molecule has 5 rings (SSSR count). The molecule has 14 heteroatoms. The number of quaternary nitrogens is 3. The summed E-state index contributed by atoms with van der Waals surface area (Å²) in [6, 6.07) is 36.8. The van der Waals surface area contributed by atoms with Gasteiger partial charge < -0.3 is 47.0 Å². The molecule has 0 spiro atoms. The molecule has 0 saturated heterocycles. The van der Waals surface area contributed by atoms with Crippen LogP contribution in [0.3, 0.4) is 0 Å². The van der Waals surface area contributed by atoms with Crippen LogP contribution in [0.1, 0.15) is 74.8 Å². The molecule has 0 aromatic heterocycles. The quantitative estimate of drug-likeness (QED) is 0.0313. The zero-order valence-electron chi connectivity index (χ0n) is 37.7. The van der Waals surface area contributed by atoms with Gasteiger partial charge in [0.1, 0.15) is 17.0 Å². The molecule has 0 fully saturated rings. The summed E-state index contributed by atoms with van der Waals surface area (Å²) in [4.78, 5) is 17.0. The third kappa shape index (κ3) is 13.1. The van der Waals surface area contributed by atoms with Gasteiger partial charge in [-0.15, -0.1) is 5.23 Å². The van der Waals surface area contributed by atoms with E-state index in [1.165, 1.54) is 0 Å². The molecule has 3 atom stereocenters. The number of rotatable bonds is 18. The minimum Gasteiger partial charge on any atom is -0.590 e. The maximum absolute atomic E-state index is 13.7. The van der Waals surface area contributed by atoms with Gasteiger partial charge in [-0.2, -0.15) is 10.5 Å². The van der Waals surface area contributed by atoms with E-state index in [-0.39, 0.29) is 32.1 Å². The van der Waals surface area contributed by atoms with Crippen molar-refractivity contribution in [1.29, 1.82) is 0 Å². The van der Waals surface area contributed by atoms with Crippen LogP contribution in [0.15, 0.2) is 121 Å². The Morgan fingerprint density at radius 1 is 0.508 bits per heavy atom. The number of nitrogens with one attached hydrogen (secondary N) is 4. The molecule has 0 radical (unpaired) electrons. The van der Waals surface area contributed by atoms with Crippen LogP contribution in [0, 0.1) is 30.0 Å². The van der Waals surface area contributed by atoms with E-state index in [0.29, 0.717) is 35.3 Å². The van der Waals surface area contributed by atoms with Crippen molar-refractivity contribution in [2.45, 2.75) is 98.6 Å². The third-order valence-corrected chi connectivity index (χ3v) is 10.1. The second kappa shape index (κ2) is 20.9. The van der Waals surface area contributed by atoms with Gasteiger partial charge in [-0.1, -0.05) is 48.9 Å². The summed E-state index contributed by atoms with van der Waals surface area (Å²) in [7, 11) is 0. The molecule has 13 nitrogen and oxygen atoms in total. The molecule has 0 aliphatic rings. The van der Waals surface area contributed by atoms with Gasteiger partial charge in [0, 0.05) is 20.4 Å². The molecule has 0 amide bonds. The molecule has 0 aliphatic heterocycles. The van der Waals surface area contributed by atoms with Crippen LogP contribution < -0.4 is 50.1 Å². The largest absolute Gasteiger partial charge is 2.00 e. The molecule has 0 saturated carbocycles. The predicted octanol–water partition coefficient (Wildman–Crippen LogP) is 7.05. The van der Waals surface area contributed by atoms with Gasteiger partial charge in [0.2, 0.25) is 0 Å². The number of anilines is 2. The summed E-state index contributed by atoms with van der Waals surface area (Å²) < 4.78 is 12.5. The second-order valence-electron chi connectivity index (χ2n) is 17.0. The van der Waals surface area contributed by atoms with Crippen LogP contribution in [-0.2, 0) is 19.5 Å². The first kappa shape index (κ1) is 50.6. The van der Waals surface area contributed by atoms with Crippen LogP contribution in [0.5, 0.6) is 28.7 Å². The van der Waals surface area contributed by atoms with Crippen LogP contribution in [0.25, 0.3) is 11.1 Å². The van der Waals surface area contributed by atoms with Crippen LogP contribution in [-0.4, -0.2) is 28.9 Å². The topological polar surface area (TPSA) is 144 Å². The number of ether oxygens (including phenoxy) is 2. The Labute approximate surface area is 374 Å². The van der Waals surface area contributed by atoms with Gasteiger partial charge in [-0.05, 0) is 151 Å². The Morgan fingerprint density at radius 2 is 0.869 bits per heavy atom. The second-order valence-corrected chi connectivity index (χ2v) is 17.0. The molecule has 4 N–H and O–H groups in total. The Hall–Kier alpha value is -4.76. The summed E-state index contributed by atoms with van der Waals surface area (Å²) in [5, 5.41) is 39.5. The fraction of sp³-hybridized carbons (Fsp3) is 0.340. The van der Waals surface area contributed by atoms with Crippen molar-refractivity contribution in [2.75, 3.05) is 11.6 Å². The fourth-order valence-corrected chi connectivity index (χ4v) is 5.58. The van der Waals surface area contributed by atoms with Gasteiger partial charge in [-0.25, -0.2) is 5.43 Å². The van der Waals surface area contributed by atoms with Crippen LogP contribution >= 0.6 is 0 Å². The Kier molecular flexibility index (Phi) is 17.3. The molecular formula is C47H62N5O8Zn+. The Bertz CT molecular complexity index is 2080. The SMILES string of the molecule is CCNN(c1ccc(O[NH+]([O-])C(C)(C)C(C)(C)Oc2ccc(-c3ccc(O[NH+]([O-])C(C)(C)C)cc3)cc2)cc1)c1ccc(OC(C)(C)[NH+]([O-])Oc2ccc(C)cc2)cc1.[CH3-].[Zn+2]. The van der Waals surface area contributed by atoms with E-state index in [4.69, 9.17) is 24.0 Å². The average molecular weight is 890 g/mol. The van der Waals surface area contributed by atoms with E-state index in [1.54, 1.807) is 76.2 Å². The summed E-state index contributed by atoms with van der Waals surface area (Å²) >= 11 is 0. The maximum atomic E-state index is 13.7. The molecule has 0 aliphatic carbocycles. The van der Waals surface area contributed by atoms with Crippen molar-refractivity contribution in [2.24, 2.45) is 0 Å². The molecule has 0 bridgehead atoms. The molecule has 3 unspecified atom stereocenters. The van der Waals surface area contributed by atoms with E-state index in [2.05, 4.69) is 5.43 Å². The number of hydrogen-bond acceptors (Lipinski definition) is 10. The zero-order valence-corrected chi connectivity index (χ0v) is 40.6. The van der Waals surface area contributed by atoms with Crippen molar-refractivity contribution < 1.29 is 59.1 Å². The van der Waals surface area contributed by atoms with Gasteiger partial charge in [-0.3, -0.25) is 5.01 Å². The van der Waals surface area contributed by atoms with E-state index in [9.17, 15) is 15.6 Å². The zero-order chi connectivity index (χ0) is 43.2. The van der Waals surface area contributed by atoms with Crippen LogP contribution in [0.4, 0.5) is 11.4 Å². The molecule has 0 heterocycles. The smallest absolute Gasteiger partial charge is 0.590 e. The Balaban J connectivity index is 0.00000496. The van der Waals surface area contributed by atoms with Crippen LogP contribution in [0.2, 0.25) is 0 Å². The number of hydrogen-bond donors (Lipinski definition) is 4. The first-order valence-corrected chi connectivity index (χ1v) is 19.7. The standard InChI is InChI=1S/C46H59N5O8.CH3.Zn/c1-12-47-48(36-19-29-39(30-20-36)56-46(10,11)51(54)59-40-23-13-33(2)14-24-40)37-21-31-42(32-22-37)58-50(53)44(6,7)45(8,9)55-38-25-15-34(16-26-38)35-17-27-41(28-18-35)57-49(52)43(3,4)5;;/h13-32,47,49-51H,12H2,1-11H3;1H3;/q;-1;+2. The molecule has 5 aromatic rings. The maximum Gasteiger partial charge on any atom is 2.00 e. The molecule has 324 valence electrons. The first-order chi connectivity index (χ1) is 27.7. The number of nitrogens with zero attached hydrogens (tertiary/aromatic N) is 1. The third-order valence-electron chi connectivity index (χ3n) is 10.1. The summed E-state index contributed by atoms with van der Waals surface area (Å²) in [5.74, 6) is 2.46. The normalized spacial score (nSPS) is 13.4. The van der Waals surface area contributed by atoms with Crippen molar-refractivity contribution in [3.05, 3.63) is 150 Å². The molecular weight excluding hydrogens is 828 g/mol. The van der Waals surface area contributed by atoms with Crippen molar-refractivity contribution in [1.82, 2.24) is 5.43 Å². The van der Waals surface area contributed by atoms with Gasteiger partial charge in [0.25, 0.3) is 5.72 Å². The van der Waals surface area contributed by atoms with E-state index < -0.39 is 32.9 Å². The van der Waals surface area contributed by atoms with Gasteiger partial charge in [0.15, 0.2) is 28.4 Å². The average Bonchev–Trinajstić information content (AvgIpc) is 3.18. The van der Waals surface area contributed by atoms with Gasteiger partial charge in [0.05, 0.1) is 11.4 Å². The summed E-state index contributed by atoms with van der Waals surface area (Å²) in [5.41, 5.74) is 4.18.